The van der Waals surface area contributed by atoms with Gasteiger partial charge < -0.3 is 10.2 Å². The van der Waals surface area contributed by atoms with Gasteiger partial charge in [0.1, 0.15) is 12.6 Å². The van der Waals surface area contributed by atoms with Gasteiger partial charge in [0, 0.05) is 12.6 Å². The van der Waals surface area contributed by atoms with E-state index in [0.717, 1.165) is 21.0 Å². The molecule has 0 spiro atoms. The Morgan fingerprint density at radius 1 is 0.900 bits per heavy atom. The van der Waals surface area contributed by atoms with E-state index in [0.29, 0.717) is 6.42 Å². The molecular weight excluding hydrogens is 569 g/mol. The van der Waals surface area contributed by atoms with Crippen molar-refractivity contribution >= 4 is 50.7 Å². The third-order valence-corrected chi connectivity index (χ3v) is 8.96. The number of rotatable bonds is 11. The molecule has 214 valence electrons. The SMILES string of the molecule is CC[C@@H](C(=O)NC(C)C)N(Cc1ccc(C)cc1)C(=O)CN(c1cccc(Cl)c1Cl)S(=O)(=O)c1ccc(C)cc1. The summed E-state index contributed by atoms with van der Waals surface area (Å²) < 4.78 is 28.9. The fourth-order valence-electron chi connectivity index (χ4n) is 4.23. The van der Waals surface area contributed by atoms with E-state index in [1.165, 1.54) is 23.1 Å². The molecule has 40 heavy (non-hydrogen) atoms. The summed E-state index contributed by atoms with van der Waals surface area (Å²) >= 11 is 12.7. The van der Waals surface area contributed by atoms with Crippen LogP contribution in [0.4, 0.5) is 5.69 Å². The molecule has 0 saturated carbocycles. The maximum Gasteiger partial charge on any atom is 0.264 e. The van der Waals surface area contributed by atoms with Crippen LogP contribution in [0.25, 0.3) is 0 Å². The molecular formula is C30H35Cl2N3O4S. The lowest BCUT2D eigenvalue weighted by molar-refractivity contribution is -0.140. The molecule has 0 bridgehead atoms. The van der Waals surface area contributed by atoms with Gasteiger partial charge in [-0.2, -0.15) is 0 Å². The number of nitrogens with zero attached hydrogens (tertiary/aromatic N) is 2. The number of benzene rings is 3. The van der Waals surface area contributed by atoms with Crippen LogP contribution in [-0.4, -0.2) is 43.8 Å². The molecule has 1 N–H and O–H groups in total. The zero-order valence-electron chi connectivity index (χ0n) is 23.3. The molecule has 0 aromatic heterocycles. The van der Waals surface area contributed by atoms with Crippen LogP contribution in [-0.2, 0) is 26.2 Å². The van der Waals surface area contributed by atoms with E-state index in [1.54, 1.807) is 24.3 Å². The van der Waals surface area contributed by atoms with Gasteiger partial charge in [-0.1, -0.05) is 83.7 Å². The number of halogens is 2. The Hall–Kier alpha value is -3.07. The number of aryl methyl sites for hydroxylation is 2. The molecule has 3 aromatic carbocycles. The van der Waals surface area contributed by atoms with E-state index in [-0.39, 0.29) is 39.1 Å². The Bertz CT molecular complexity index is 1440. The Morgan fingerprint density at radius 2 is 1.48 bits per heavy atom. The van der Waals surface area contributed by atoms with Crippen LogP contribution in [0.15, 0.2) is 71.6 Å². The molecule has 0 unspecified atom stereocenters. The lowest BCUT2D eigenvalue weighted by Crippen LogP contribution is -2.53. The van der Waals surface area contributed by atoms with E-state index in [2.05, 4.69) is 5.32 Å². The van der Waals surface area contributed by atoms with Crippen molar-refractivity contribution in [2.45, 2.75) is 64.6 Å². The molecule has 0 aliphatic carbocycles. The fourth-order valence-corrected chi connectivity index (χ4v) is 6.10. The molecule has 0 heterocycles. The number of nitrogens with one attached hydrogen (secondary N) is 1. The molecule has 3 aromatic rings. The summed E-state index contributed by atoms with van der Waals surface area (Å²) in [6.07, 6.45) is 0.332. The number of hydrogen-bond acceptors (Lipinski definition) is 4. The molecule has 0 saturated heterocycles. The number of carbonyl (C=O) groups is 2. The Morgan fingerprint density at radius 3 is 2.02 bits per heavy atom. The zero-order chi connectivity index (χ0) is 29.6. The molecule has 1 atom stereocenters. The van der Waals surface area contributed by atoms with Crippen LogP contribution in [0.3, 0.4) is 0 Å². The van der Waals surface area contributed by atoms with Gasteiger partial charge in [0.25, 0.3) is 10.0 Å². The maximum absolute atomic E-state index is 14.1. The standard InChI is InChI=1S/C30H35Cl2N3O4S/c1-6-26(30(37)33-20(2)3)34(18-23-14-10-21(4)11-15-23)28(36)19-35(27-9-7-8-25(31)29(27)32)40(38,39)24-16-12-22(5)13-17-24/h7-17,20,26H,6,18-19H2,1-5H3,(H,33,37)/t26-/m0/s1. The lowest BCUT2D eigenvalue weighted by Gasteiger charge is -2.33. The highest BCUT2D eigenvalue weighted by Crippen LogP contribution is 2.35. The predicted octanol–water partition coefficient (Wildman–Crippen LogP) is 6.14. The van der Waals surface area contributed by atoms with Gasteiger partial charge in [-0.3, -0.25) is 13.9 Å². The van der Waals surface area contributed by atoms with Crippen molar-refractivity contribution in [1.29, 1.82) is 0 Å². The minimum atomic E-state index is -4.25. The summed E-state index contributed by atoms with van der Waals surface area (Å²) in [5.41, 5.74) is 2.81. The highest BCUT2D eigenvalue weighted by Gasteiger charge is 2.34. The molecule has 0 radical (unpaired) electrons. The third kappa shape index (κ3) is 7.56. The van der Waals surface area contributed by atoms with Gasteiger partial charge in [0.15, 0.2) is 0 Å². The summed E-state index contributed by atoms with van der Waals surface area (Å²) in [5, 5.41) is 3.03. The number of amides is 2. The highest BCUT2D eigenvalue weighted by atomic mass is 35.5. The average Bonchev–Trinajstić information content (AvgIpc) is 2.89. The zero-order valence-corrected chi connectivity index (χ0v) is 25.6. The minimum absolute atomic E-state index is 0.00216. The molecule has 10 heteroatoms. The first kappa shape index (κ1) is 31.5. The topological polar surface area (TPSA) is 86.8 Å². The maximum atomic E-state index is 14.1. The van der Waals surface area contributed by atoms with Gasteiger partial charge in [-0.05, 0) is 63.9 Å². The van der Waals surface area contributed by atoms with Crippen molar-refractivity contribution in [3.8, 4) is 0 Å². The smallest absolute Gasteiger partial charge is 0.264 e. The Kier molecular flexibility index (Phi) is 10.6. The second-order valence-corrected chi connectivity index (χ2v) is 12.6. The van der Waals surface area contributed by atoms with Crippen molar-refractivity contribution in [2.24, 2.45) is 0 Å². The molecule has 0 aliphatic rings. The predicted molar refractivity (Wildman–Crippen MR) is 161 cm³/mol. The van der Waals surface area contributed by atoms with E-state index in [4.69, 9.17) is 23.2 Å². The summed E-state index contributed by atoms with van der Waals surface area (Å²) in [6.45, 7) is 8.83. The van der Waals surface area contributed by atoms with Gasteiger partial charge in [-0.25, -0.2) is 8.42 Å². The number of hydrogen-bond donors (Lipinski definition) is 1. The lowest BCUT2D eigenvalue weighted by atomic mass is 10.1. The van der Waals surface area contributed by atoms with Crippen LogP contribution in [0.5, 0.6) is 0 Å². The molecule has 0 aliphatic heterocycles. The van der Waals surface area contributed by atoms with Crippen LogP contribution < -0.4 is 9.62 Å². The van der Waals surface area contributed by atoms with Crippen molar-refractivity contribution in [3.05, 3.63) is 93.5 Å². The summed E-state index contributed by atoms with van der Waals surface area (Å²) in [6, 6.07) is 17.6. The van der Waals surface area contributed by atoms with Gasteiger partial charge >= 0.3 is 0 Å². The fraction of sp³-hybridized carbons (Fsp3) is 0.333. The van der Waals surface area contributed by atoms with Crippen molar-refractivity contribution < 1.29 is 18.0 Å². The normalized spacial score (nSPS) is 12.2. The first-order chi connectivity index (χ1) is 18.8. The van der Waals surface area contributed by atoms with Crippen LogP contribution in [0.2, 0.25) is 10.0 Å². The largest absolute Gasteiger partial charge is 0.352 e. The van der Waals surface area contributed by atoms with Crippen LogP contribution >= 0.6 is 23.2 Å². The second-order valence-electron chi connectivity index (χ2n) is 9.99. The highest BCUT2D eigenvalue weighted by molar-refractivity contribution is 7.92. The summed E-state index contributed by atoms with van der Waals surface area (Å²) in [7, 11) is -4.25. The second kappa shape index (κ2) is 13.5. The quantitative estimate of drug-likeness (QED) is 0.285. The van der Waals surface area contributed by atoms with E-state index < -0.39 is 28.5 Å². The first-order valence-electron chi connectivity index (χ1n) is 13.0. The molecule has 2 amide bonds. The van der Waals surface area contributed by atoms with Gasteiger partial charge in [-0.15, -0.1) is 0 Å². The number of carbonyl (C=O) groups excluding carboxylic acids is 2. The summed E-state index contributed by atoms with van der Waals surface area (Å²) in [5.74, 6) is -0.871. The summed E-state index contributed by atoms with van der Waals surface area (Å²) in [4.78, 5) is 28.7. The van der Waals surface area contributed by atoms with Gasteiger partial charge in [0.2, 0.25) is 11.8 Å². The molecule has 3 rings (SSSR count). The van der Waals surface area contributed by atoms with E-state index >= 15 is 0 Å². The van der Waals surface area contributed by atoms with Crippen LogP contribution in [0, 0.1) is 13.8 Å². The van der Waals surface area contributed by atoms with Gasteiger partial charge in [0.05, 0.1) is 20.6 Å². The van der Waals surface area contributed by atoms with Crippen molar-refractivity contribution in [1.82, 2.24) is 10.2 Å². The minimum Gasteiger partial charge on any atom is -0.352 e. The molecule has 0 fully saturated rings. The Balaban J connectivity index is 2.10. The van der Waals surface area contributed by atoms with E-state index in [9.17, 15) is 18.0 Å². The number of anilines is 1. The molecule has 7 nitrogen and oxygen atoms in total. The average molecular weight is 605 g/mol. The number of sulfonamides is 1. The third-order valence-electron chi connectivity index (χ3n) is 6.38. The van der Waals surface area contributed by atoms with E-state index in [1.807, 2.05) is 58.9 Å². The Labute approximate surface area is 247 Å². The van der Waals surface area contributed by atoms with Crippen molar-refractivity contribution in [2.75, 3.05) is 10.8 Å². The van der Waals surface area contributed by atoms with Crippen LogP contribution in [0.1, 0.15) is 43.9 Å². The van der Waals surface area contributed by atoms with Crippen molar-refractivity contribution in [3.63, 3.8) is 0 Å². The first-order valence-corrected chi connectivity index (χ1v) is 15.2. The monoisotopic (exact) mass is 603 g/mol.